The Hall–Kier alpha value is -2.26. The van der Waals surface area contributed by atoms with Crippen LogP contribution in [0.3, 0.4) is 0 Å². The van der Waals surface area contributed by atoms with Crippen molar-refractivity contribution in [2.24, 2.45) is 0 Å². The lowest BCUT2D eigenvalue weighted by Gasteiger charge is -2.02. The molecule has 1 heterocycles. The highest BCUT2D eigenvalue weighted by atomic mass is 35.5. The second kappa shape index (κ2) is 4.78. The van der Waals surface area contributed by atoms with E-state index in [0.717, 1.165) is 11.1 Å². The molecule has 0 unspecified atom stereocenters. The zero-order valence-corrected chi connectivity index (χ0v) is 10.6. The Bertz CT molecular complexity index is 742. The normalized spacial score (nSPS) is 10.6. The van der Waals surface area contributed by atoms with Gasteiger partial charge in [-0.3, -0.25) is 4.98 Å². The molecule has 1 N–H and O–H groups in total. The summed E-state index contributed by atoms with van der Waals surface area (Å²) in [7, 11) is 0. The summed E-state index contributed by atoms with van der Waals surface area (Å²) in [5.74, 6) is 0.0525. The first-order valence-electron chi connectivity index (χ1n) is 5.78. The largest absolute Gasteiger partial charge is 0.417 e. The highest BCUT2D eigenvalue weighted by Crippen LogP contribution is 2.30. The Kier molecular flexibility index (Phi) is 2.97. The first kappa shape index (κ1) is 11.8. The molecule has 0 radical (unpaired) electrons. The maximum Gasteiger partial charge on any atom is 0.417 e. The van der Waals surface area contributed by atoms with E-state index in [1.165, 1.54) is 0 Å². The van der Waals surface area contributed by atoms with Crippen LogP contribution >= 0.6 is 11.6 Å². The summed E-state index contributed by atoms with van der Waals surface area (Å²) in [5.41, 5.74) is 2.38. The minimum Gasteiger partial charge on any atom is -0.407 e. The summed E-state index contributed by atoms with van der Waals surface area (Å²) >= 11 is 5.86. The number of halogens is 1. The molecule has 19 heavy (non-hydrogen) atoms. The SMILES string of the molecule is O=c1[nH]c(-c2ccccc2)c(-c2ccc(Cl)cc2)o1. The molecule has 0 spiro atoms. The van der Waals surface area contributed by atoms with Gasteiger partial charge in [-0.05, 0) is 24.3 Å². The van der Waals surface area contributed by atoms with E-state index in [4.69, 9.17) is 16.0 Å². The van der Waals surface area contributed by atoms with E-state index in [9.17, 15) is 4.79 Å². The van der Waals surface area contributed by atoms with Crippen molar-refractivity contribution in [1.82, 2.24) is 4.98 Å². The summed E-state index contributed by atoms with van der Waals surface area (Å²) in [6.07, 6.45) is 0. The van der Waals surface area contributed by atoms with Gasteiger partial charge in [0.25, 0.3) is 0 Å². The van der Waals surface area contributed by atoms with Gasteiger partial charge in [-0.2, -0.15) is 0 Å². The molecule has 0 bridgehead atoms. The van der Waals surface area contributed by atoms with Crippen molar-refractivity contribution in [2.75, 3.05) is 0 Å². The fraction of sp³-hybridized carbons (Fsp3) is 0. The zero-order chi connectivity index (χ0) is 13.2. The number of benzene rings is 2. The second-order valence-corrected chi connectivity index (χ2v) is 4.53. The maximum absolute atomic E-state index is 11.5. The average Bonchev–Trinajstić information content (AvgIpc) is 2.83. The van der Waals surface area contributed by atoms with Crippen LogP contribution in [0.25, 0.3) is 22.6 Å². The molecule has 0 saturated carbocycles. The predicted molar refractivity (Wildman–Crippen MR) is 75.2 cm³/mol. The monoisotopic (exact) mass is 271 g/mol. The van der Waals surface area contributed by atoms with Gasteiger partial charge in [-0.25, -0.2) is 4.79 Å². The van der Waals surface area contributed by atoms with Gasteiger partial charge in [0.15, 0.2) is 5.76 Å². The number of rotatable bonds is 2. The van der Waals surface area contributed by atoms with Crippen LogP contribution in [0.5, 0.6) is 0 Å². The summed E-state index contributed by atoms with van der Waals surface area (Å²) < 4.78 is 5.24. The molecule has 3 aromatic rings. The van der Waals surface area contributed by atoms with E-state index in [1.54, 1.807) is 12.1 Å². The summed E-state index contributed by atoms with van der Waals surface area (Å²) in [6.45, 7) is 0. The van der Waals surface area contributed by atoms with Crippen LogP contribution in [-0.4, -0.2) is 4.98 Å². The molecule has 2 aromatic carbocycles. The number of hydrogen-bond donors (Lipinski definition) is 1. The minimum absolute atomic E-state index is 0.469. The first-order valence-corrected chi connectivity index (χ1v) is 6.16. The number of aromatic nitrogens is 1. The smallest absolute Gasteiger partial charge is 0.407 e. The quantitative estimate of drug-likeness (QED) is 0.767. The van der Waals surface area contributed by atoms with Gasteiger partial charge in [-0.1, -0.05) is 41.9 Å². The fourth-order valence-electron chi connectivity index (χ4n) is 1.94. The summed E-state index contributed by atoms with van der Waals surface area (Å²) in [5, 5.41) is 0.642. The molecule has 0 aliphatic carbocycles. The van der Waals surface area contributed by atoms with Crippen molar-refractivity contribution in [1.29, 1.82) is 0 Å². The second-order valence-electron chi connectivity index (χ2n) is 4.09. The average molecular weight is 272 g/mol. The molecule has 3 rings (SSSR count). The Morgan fingerprint density at radius 2 is 1.58 bits per heavy atom. The van der Waals surface area contributed by atoms with E-state index in [0.29, 0.717) is 16.5 Å². The Balaban J connectivity index is 2.17. The van der Waals surface area contributed by atoms with Gasteiger partial charge in [0.1, 0.15) is 0 Å². The van der Waals surface area contributed by atoms with E-state index in [-0.39, 0.29) is 0 Å². The molecule has 1 aromatic heterocycles. The van der Waals surface area contributed by atoms with Crippen molar-refractivity contribution in [3.8, 4) is 22.6 Å². The fourth-order valence-corrected chi connectivity index (χ4v) is 2.07. The molecule has 0 fully saturated rings. The van der Waals surface area contributed by atoms with Crippen LogP contribution in [0, 0.1) is 0 Å². The molecule has 4 heteroatoms. The molecule has 3 nitrogen and oxygen atoms in total. The number of H-pyrrole nitrogens is 1. The molecule has 0 aliphatic rings. The zero-order valence-electron chi connectivity index (χ0n) is 9.89. The maximum atomic E-state index is 11.5. The molecule has 94 valence electrons. The first-order chi connectivity index (χ1) is 9.24. The van der Waals surface area contributed by atoms with E-state index in [2.05, 4.69) is 4.98 Å². The Morgan fingerprint density at radius 3 is 2.26 bits per heavy atom. The third-order valence-electron chi connectivity index (χ3n) is 2.82. The number of hydrogen-bond acceptors (Lipinski definition) is 2. The van der Waals surface area contributed by atoms with Crippen LogP contribution in [0.15, 0.2) is 63.8 Å². The number of oxazole rings is 1. The standard InChI is InChI=1S/C15H10ClNO2/c16-12-8-6-11(7-9-12)14-13(17-15(18)19-14)10-4-2-1-3-5-10/h1-9H,(H,17,18). The summed E-state index contributed by atoms with van der Waals surface area (Å²) in [6, 6.07) is 16.7. The van der Waals surface area contributed by atoms with Gasteiger partial charge in [0.05, 0.1) is 5.69 Å². The number of nitrogens with one attached hydrogen (secondary N) is 1. The lowest BCUT2D eigenvalue weighted by molar-refractivity contribution is 0.528. The van der Waals surface area contributed by atoms with Gasteiger partial charge in [-0.15, -0.1) is 0 Å². The third-order valence-corrected chi connectivity index (χ3v) is 3.07. The third kappa shape index (κ3) is 2.33. The van der Waals surface area contributed by atoms with Crippen LogP contribution in [-0.2, 0) is 0 Å². The van der Waals surface area contributed by atoms with E-state index < -0.39 is 5.76 Å². The van der Waals surface area contributed by atoms with Crippen LogP contribution in [0.2, 0.25) is 5.02 Å². The molecule has 0 amide bonds. The van der Waals surface area contributed by atoms with Crippen molar-refractivity contribution >= 4 is 11.6 Å². The van der Waals surface area contributed by atoms with Crippen molar-refractivity contribution in [2.45, 2.75) is 0 Å². The lowest BCUT2D eigenvalue weighted by atomic mass is 10.1. The van der Waals surface area contributed by atoms with Crippen molar-refractivity contribution in [3.63, 3.8) is 0 Å². The molecular formula is C15H10ClNO2. The van der Waals surface area contributed by atoms with Crippen molar-refractivity contribution < 1.29 is 4.42 Å². The minimum atomic E-state index is -0.469. The molecule has 0 atom stereocenters. The van der Waals surface area contributed by atoms with Crippen LogP contribution < -0.4 is 5.76 Å². The van der Waals surface area contributed by atoms with E-state index >= 15 is 0 Å². The Labute approximate surface area is 114 Å². The highest BCUT2D eigenvalue weighted by molar-refractivity contribution is 6.30. The van der Waals surface area contributed by atoms with Crippen LogP contribution in [0.1, 0.15) is 0 Å². The van der Waals surface area contributed by atoms with E-state index in [1.807, 2.05) is 42.5 Å². The lowest BCUT2D eigenvalue weighted by Crippen LogP contribution is -1.94. The predicted octanol–water partition coefficient (Wildman–Crippen LogP) is 3.96. The number of aromatic amines is 1. The Morgan fingerprint density at radius 1 is 0.895 bits per heavy atom. The summed E-state index contributed by atoms with van der Waals surface area (Å²) in [4.78, 5) is 14.2. The van der Waals surface area contributed by atoms with Gasteiger partial charge in [0.2, 0.25) is 0 Å². The van der Waals surface area contributed by atoms with Gasteiger partial charge >= 0.3 is 5.76 Å². The molecule has 0 saturated heterocycles. The molecule has 0 aliphatic heterocycles. The van der Waals surface area contributed by atoms with Gasteiger partial charge in [0, 0.05) is 16.1 Å². The topological polar surface area (TPSA) is 46.0 Å². The van der Waals surface area contributed by atoms with Crippen LogP contribution in [0.4, 0.5) is 0 Å². The molecular weight excluding hydrogens is 262 g/mol. The van der Waals surface area contributed by atoms with Gasteiger partial charge < -0.3 is 4.42 Å². The highest BCUT2D eigenvalue weighted by Gasteiger charge is 2.13. The van der Waals surface area contributed by atoms with Crippen molar-refractivity contribution in [3.05, 3.63) is 70.2 Å².